The number of nitrogens with zero attached hydrogens (tertiary/aromatic N) is 1. The number of aliphatic hydroxyl groups excluding tert-OH is 1. The number of rotatable bonds is 3. The van der Waals surface area contributed by atoms with E-state index in [1.807, 2.05) is 0 Å². The highest BCUT2D eigenvalue weighted by Gasteiger charge is 2.19. The Morgan fingerprint density at radius 3 is 2.32 bits per heavy atom. The Kier molecular flexibility index (Phi) is 4.16. The topological polar surface area (TPSA) is 46.3 Å². The highest BCUT2D eigenvalue weighted by atomic mass is 35.5. The Morgan fingerprint density at radius 2 is 1.68 bits per heavy atom. The van der Waals surface area contributed by atoms with Crippen molar-refractivity contribution in [1.29, 1.82) is 0 Å². The molecule has 0 bridgehead atoms. The van der Waals surface area contributed by atoms with Crippen LogP contribution in [0.2, 0.25) is 10.0 Å². The lowest BCUT2D eigenvalue weighted by molar-refractivity contribution is 0.281. The molecule has 0 aliphatic heterocycles. The first-order chi connectivity index (χ1) is 10.6. The van der Waals surface area contributed by atoms with Gasteiger partial charge in [0.2, 0.25) is 0 Å². The van der Waals surface area contributed by atoms with Crippen LogP contribution in [0.25, 0.3) is 22.6 Å². The van der Waals surface area contributed by atoms with Crippen molar-refractivity contribution in [2.45, 2.75) is 6.61 Å². The molecule has 0 saturated carbocycles. The van der Waals surface area contributed by atoms with E-state index in [-0.39, 0.29) is 12.4 Å². The number of hydrogen-bond acceptors (Lipinski definition) is 3. The van der Waals surface area contributed by atoms with Crippen molar-refractivity contribution in [2.75, 3.05) is 0 Å². The minimum atomic E-state index is -0.349. The predicted octanol–water partition coefficient (Wildman–Crippen LogP) is 4.95. The summed E-state index contributed by atoms with van der Waals surface area (Å²) in [6.45, 7) is -0.272. The summed E-state index contributed by atoms with van der Waals surface area (Å²) in [4.78, 5) is 0. The van der Waals surface area contributed by atoms with E-state index in [2.05, 4.69) is 5.16 Å². The number of benzene rings is 2. The van der Waals surface area contributed by atoms with Crippen LogP contribution in [-0.4, -0.2) is 10.3 Å². The molecule has 0 unspecified atom stereocenters. The van der Waals surface area contributed by atoms with Crippen LogP contribution in [0.1, 0.15) is 5.56 Å². The molecular formula is C16H10Cl2FNO2. The summed E-state index contributed by atoms with van der Waals surface area (Å²) < 4.78 is 18.3. The number of aliphatic hydroxyl groups is 1. The van der Waals surface area contributed by atoms with Crippen molar-refractivity contribution in [2.24, 2.45) is 0 Å². The van der Waals surface area contributed by atoms with Crippen LogP contribution >= 0.6 is 23.2 Å². The highest BCUT2D eigenvalue weighted by Crippen LogP contribution is 2.34. The van der Waals surface area contributed by atoms with Gasteiger partial charge in [-0.25, -0.2) is 4.39 Å². The van der Waals surface area contributed by atoms with E-state index in [1.54, 1.807) is 30.3 Å². The maximum absolute atomic E-state index is 13.0. The molecule has 1 N–H and O–H groups in total. The summed E-state index contributed by atoms with van der Waals surface area (Å²) in [5, 5.41) is 14.5. The van der Waals surface area contributed by atoms with Crippen LogP contribution in [0, 0.1) is 5.82 Å². The summed E-state index contributed by atoms with van der Waals surface area (Å²) >= 11 is 11.9. The zero-order valence-electron chi connectivity index (χ0n) is 11.2. The van der Waals surface area contributed by atoms with Gasteiger partial charge in [0.1, 0.15) is 11.5 Å². The molecule has 112 valence electrons. The molecule has 1 heterocycles. The lowest BCUT2D eigenvalue weighted by atomic mass is 10.0. The van der Waals surface area contributed by atoms with Crippen molar-refractivity contribution >= 4 is 23.2 Å². The minimum Gasteiger partial charge on any atom is -0.391 e. The average Bonchev–Trinajstić information content (AvgIpc) is 2.94. The van der Waals surface area contributed by atoms with Crippen molar-refractivity contribution in [3.05, 3.63) is 63.9 Å². The van der Waals surface area contributed by atoms with Crippen LogP contribution in [0.15, 0.2) is 47.0 Å². The van der Waals surface area contributed by atoms with E-state index in [1.165, 1.54) is 12.1 Å². The zero-order valence-corrected chi connectivity index (χ0v) is 12.7. The third-order valence-electron chi connectivity index (χ3n) is 3.25. The molecule has 6 heteroatoms. The first-order valence-corrected chi connectivity index (χ1v) is 7.16. The van der Waals surface area contributed by atoms with Gasteiger partial charge in [-0.2, -0.15) is 0 Å². The van der Waals surface area contributed by atoms with Crippen LogP contribution in [0.4, 0.5) is 4.39 Å². The Bertz CT molecular complexity index is 816. The third kappa shape index (κ3) is 2.73. The van der Waals surface area contributed by atoms with Gasteiger partial charge in [-0.3, -0.25) is 0 Å². The van der Waals surface area contributed by atoms with E-state index in [4.69, 9.17) is 27.7 Å². The van der Waals surface area contributed by atoms with Crippen molar-refractivity contribution < 1.29 is 14.0 Å². The fraction of sp³-hybridized carbons (Fsp3) is 0.0625. The molecule has 3 rings (SSSR count). The Labute approximate surface area is 135 Å². The van der Waals surface area contributed by atoms with Gasteiger partial charge in [-0.05, 0) is 36.4 Å². The summed E-state index contributed by atoms with van der Waals surface area (Å²) in [6, 6.07) is 10.8. The van der Waals surface area contributed by atoms with Crippen molar-refractivity contribution in [3.63, 3.8) is 0 Å². The number of halogens is 3. The largest absolute Gasteiger partial charge is 0.391 e. The summed E-state index contributed by atoms with van der Waals surface area (Å²) in [6.07, 6.45) is 0. The van der Waals surface area contributed by atoms with Gasteiger partial charge in [0.05, 0.1) is 22.2 Å². The second-order valence-corrected chi connectivity index (χ2v) is 5.45. The predicted molar refractivity (Wildman–Crippen MR) is 83.3 cm³/mol. The second-order valence-electron chi connectivity index (χ2n) is 4.63. The molecule has 0 atom stereocenters. The first-order valence-electron chi connectivity index (χ1n) is 6.41. The van der Waals surface area contributed by atoms with E-state index in [0.717, 1.165) is 0 Å². The highest BCUT2D eigenvalue weighted by molar-refractivity contribution is 6.42. The van der Waals surface area contributed by atoms with Gasteiger partial charge in [-0.1, -0.05) is 34.4 Å². The van der Waals surface area contributed by atoms with Gasteiger partial charge in [0.25, 0.3) is 0 Å². The lowest BCUT2D eigenvalue weighted by Gasteiger charge is -2.03. The van der Waals surface area contributed by atoms with Gasteiger partial charge in [0.15, 0.2) is 5.76 Å². The molecule has 0 aliphatic carbocycles. The van der Waals surface area contributed by atoms with Gasteiger partial charge in [0, 0.05) is 11.1 Å². The van der Waals surface area contributed by atoms with E-state index >= 15 is 0 Å². The molecule has 0 aliphatic rings. The molecule has 3 nitrogen and oxygen atoms in total. The van der Waals surface area contributed by atoms with Gasteiger partial charge >= 0.3 is 0 Å². The monoisotopic (exact) mass is 337 g/mol. The normalized spacial score (nSPS) is 10.9. The molecule has 0 radical (unpaired) electrons. The number of hydrogen-bond donors (Lipinski definition) is 1. The standard InChI is InChI=1S/C16H10Cl2FNO2/c17-13-6-3-10(7-14(13)18)15-12(8-21)16(22-20-15)9-1-4-11(19)5-2-9/h1-7,21H,8H2. The van der Waals surface area contributed by atoms with Crippen LogP contribution in [-0.2, 0) is 6.61 Å². The Morgan fingerprint density at radius 1 is 1.00 bits per heavy atom. The van der Waals surface area contributed by atoms with Gasteiger partial charge < -0.3 is 9.63 Å². The summed E-state index contributed by atoms with van der Waals surface area (Å²) in [7, 11) is 0. The van der Waals surface area contributed by atoms with E-state index in [0.29, 0.717) is 38.2 Å². The molecule has 0 spiro atoms. The zero-order chi connectivity index (χ0) is 15.7. The fourth-order valence-electron chi connectivity index (χ4n) is 2.15. The molecular weight excluding hydrogens is 328 g/mol. The van der Waals surface area contributed by atoms with E-state index < -0.39 is 0 Å². The summed E-state index contributed by atoms with van der Waals surface area (Å²) in [5.41, 5.74) is 2.28. The Balaban J connectivity index is 2.10. The molecule has 0 saturated heterocycles. The first kappa shape index (κ1) is 15.0. The minimum absolute atomic E-state index is 0.272. The fourth-order valence-corrected chi connectivity index (χ4v) is 2.45. The molecule has 0 fully saturated rings. The molecule has 3 aromatic rings. The smallest absolute Gasteiger partial charge is 0.173 e. The quantitative estimate of drug-likeness (QED) is 0.735. The average molecular weight is 338 g/mol. The molecule has 22 heavy (non-hydrogen) atoms. The molecule has 1 aromatic heterocycles. The number of aromatic nitrogens is 1. The summed E-state index contributed by atoms with van der Waals surface area (Å²) in [5.74, 6) is 0.0436. The molecule has 0 amide bonds. The second kappa shape index (κ2) is 6.08. The maximum Gasteiger partial charge on any atom is 0.173 e. The van der Waals surface area contributed by atoms with Gasteiger partial charge in [-0.15, -0.1) is 0 Å². The SMILES string of the molecule is OCc1c(-c2ccc(Cl)c(Cl)c2)noc1-c1ccc(F)cc1. The molecule has 2 aromatic carbocycles. The Hall–Kier alpha value is -1.88. The van der Waals surface area contributed by atoms with Crippen molar-refractivity contribution in [1.82, 2.24) is 5.16 Å². The van der Waals surface area contributed by atoms with Crippen LogP contribution in [0.5, 0.6) is 0 Å². The van der Waals surface area contributed by atoms with Crippen molar-refractivity contribution in [3.8, 4) is 22.6 Å². The van der Waals surface area contributed by atoms with Crippen LogP contribution < -0.4 is 0 Å². The van der Waals surface area contributed by atoms with Crippen LogP contribution in [0.3, 0.4) is 0 Å². The lowest BCUT2D eigenvalue weighted by Crippen LogP contribution is -1.89. The maximum atomic E-state index is 13.0. The van der Waals surface area contributed by atoms with E-state index in [9.17, 15) is 9.50 Å². The third-order valence-corrected chi connectivity index (χ3v) is 3.98.